The number of piperidine rings is 1. The van der Waals surface area contributed by atoms with E-state index in [-0.39, 0.29) is 28.9 Å². The van der Waals surface area contributed by atoms with Crippen molar-refractivity contribution < 1.29 is 9.59 Å². The van der Waals surface area contributed by atoms with Crippen LogP contribution in [0.5, 0.6) is 0 Å². The SMILES string of the molecule is O=C(CCl)NCC1(c2ccccc2)CCN(C(=O)c2ncn(-c3ccccc3)n2)CC1. The van der Waals surface area contributed by atoms with Gasteiger partial charge < -0.3 is 10.2 Å². The molecule has 1 fully saturated rings. The number of alkyl halides is 1. The summed E-state index contributed by atoms with van der Waals surface area (Å²) in [4.78, 5) is 30.8. The molecular weight excluding hydrogens is 414 g/mol. The van der Waals surface area contributed by atoms with E-state index in [4.69, 9.17) is 11.6 Å². The number of hydrogen-bond donors (Lipinski definition) is 1. The second kappa shape index (κ2) is 9.31. The highest BCUT2D eigenvalue weighted by Gasteiger charge is 2.38. The Morgan fingerprint density at radius 2 is 1.65 bits per heavy atom. The van der Waals surface area contributed by atoms with Gasteiger partial charge in [0.15, 0.2) is 0 Å². The molecular formula is C23H24ClN5O2. The lowest BCUT2D eigenvalue weighted by Gasteiger charge is -2.42. The summed E-state index contributed by atoms with van der Waals surface area (Å²) in [5.74, 6) is -0.246. The lowest BCUT2D eigenvalue weighted by Crippen LogP contribution is -2.50. The number of nitrogens with one attached hydrogen (secondary N) is 1. The highest BCUT2D eigenvalue weighted by atomic mass is 35.5. The third-order valence-corrected chi connectivity index (χ3v) is 6.09. The predicted molar refractivity (Wildman–Crippen MR) is 118 cm³/mol. The van der Waals surface area contributed by atoms with Crippen molar-refractivity contribution in [3.8, 4) is 5.69 Å². The first kappa shape index (κ1) is 21.1. The first-order chi connectivity index (χ1) is 15.1. The van der Waals surface area contributed by atoms with Crippen LogP contribution in [0.25, 0.3) is 5.69 Å². The summed E-state index contributed by atoms with van der Waals surface area (Å²) in [6, 6.07) is 19.7. The molecule has 160 valence electrons. The number of aromatic nitrogens is 3. The summed E-state index contributed by atoms with van der Waals surface area (Å²) in [7, 11) is 0. The van der Waals surface area contributed by atoms with E-state index >= 15 is 0 Å². The molecule has 0 atom stereocenters. The number of nitrogens with zero attached hydrogens (tertiary/aromatic N) is 4. The number of likely N-dealkylation sites (tertiary alicyclic amines) is 1. The standard InChI is InChI=1S/C23H24ClN5O2/c24-15-20(30)25-16-23(18-7-3-1-4-8-18)11-13-28(14-12-23)22(31)21-26-17-29(27-21)19-9-5-2-6-10-19/h1-10,17H,11-16H2,(H,25,30). The zero-order chi connectivity index (χ0) is 21.7. The lowest BCUT2D eigenvalue weighted by molar-refractivity contribution is -0.119. The number of para-hydroxylation sites is 1. The lowest BCUT2D eigenvalue weighted by atomic mass is 9.72. The van der Waals surface area contributed by atoms with Gasteiger partial charge in [0, 0.05) is 25.0 Å². The monoisotopic (exact) mass is 437 g/mol. The highest BCUT2D eigenvalue weighted by Crippen LogP contribution is 2.35. The van der Waals surface area contributed by atoms with Gasteiger partial charge in [0.25, 0.3) is 5.91 Å². The maximum atomic E-state index is 13.0. The zero-order valence-electron chi connectivity index (χ0n) is 17.1. The second-order valence-electron chi connectivity index (χ2n) is 7.70. The Balaban J connectivity index is 1.47. The molecule has 2 heterocycles. The number of amides is 2. The van der Waals surface area contributed by atoms with Gasteiger partial charge in [0.2, 0.25) is 11.7 Å². The molecule has 8 heteroatoms. The molecule has 3 aromatic rings. The minimum atomic E-state index is -0.239. The fourth-order valence-electron chi connectivity index (χ4n) is 4.02. The van der Waals surface area contributed by atoms with Gasteiger partial charge in [-0.25, -0.2) is 9.67 Å². The molecule has 1 N–H and O–H groups in total. The van der Waals surface area contributed by atoms with Crippen molar-refractivity contribution in [1.82, 2.24) is 25.0 Å². The molecule has 1 aromatic heterocycles. The molecule has 0 aliphatic carbocycles. The van der Waals surface area contributed by atoms with E-state index in [9.17, 15) is 9.59 Å². The molecule has 7 nitrogen and oxygen atoms in total. The van der Waals surface area contributed by atoms with Crippen LogP contribution in [0.1, 0.15) is 29.0 Å². The van der Waals surface area contributed by atoms with Crippen molar-refractivity contribution in [3.05, 3.63) is 78.4 Å². The van der Waals surface area contributed by atoms with Gasteiger partial charge in [0.1, 0.15) is 12.2 Å². The zero-order valence-corrected chi connectivity index (χ0v) is 17.8. The minimum Gasteiger partial charge on any atom is -0.354 e. The Bertz CT molecular complexity index is 1030. The first-order valence-electron chi connectivity index (χ1n) is 10.3. The Morgan fingerprint density at radius 3 is 2.29 bits per heavy atom. The van der Waals surface area contributed by atoms with E-state index in [1.54, 1.807) is 15.9 Å². The van der Waals surface area contributed by atoms with Crippen LogP contribution in [0.3, 0.4) is 0 Å². The summed E-state index contributed by atoms with van der Waals surface area (Å²) in [5, 5.41) is 7.30. The van der Waals surface area contributed by atoms with Crippen LogP contribution < -0.4 is 5.32 Å². The van der Waals surface area contributed by atoms with E-state index in [1.807, 2.05) is 48.5 Å². The van der Waals surface area contributed by atoms with E-state index < -0.39 is 0 Å². The van der Waals surface area contributed by atoms with Crippen molar-refractivity contribution in [1.29, 1.82) is 0 Å². The normalized spacial score (nSPS) is 15.5. The second-order valence-corrected chi connectivity index (χ2v) is 7.96. The van der Waals surface area contributed by atoms with E-state index in [0.29, 0.717) is 19.6 Å². The maximum absolute atomic E-state index is 13.0. The van der Waals surface area contributed by atoms with E-state index in [0.717, 1.165) is 24.1 Å². The van der Waals surface area contributed by atoms with Crippen LogP contribution >= 0.6 is 11.6 Å². The molecule has 0 saturated carbocycles. The van der Waals surface area contributed by atoms with E-state index in [2.05, 4.69) is 27.5 Å². The van der Waals surface area contributed by atoms with Crippen molar-refractivity contribution in [3.63, 3.8) is 0 Å². The molecule has 0 unspecified atom stereocenters. The van der Waals surface area contributed by atoms with Gasteiger partial charge in [-0.05, 0) is 30.5 Å². The average Bonchev–Trinajstić information content (AvgIpc) is 3.34. The Hall–Kier alpha value is -3.19. The third kappa shape index (κ3) is 4.61. The van der Waals surface area contributed by atoms with E-state index in [1.165, 1.54) is 0 Å². The minimum absolute atomic E-state index is 0.0643. The molecule has 31 heavy (non-hydrogen) atoms. The maximum Gasteiger partial charge on any atom is 0.293 e. The molecule has 0 spiro atoms. The summed E-state index contributed by atoms with van der Waals surface area (Å²) in [6.07, 6.45) is 3.01. The molecule has 1 aliphatic rings. The summed E-state index contributed by atoms with van der Waals surface area (Å²) >= 11 is 5.66. The average molecular weight is 438 g/mol. The van der Waals surface area contributed by atoms with Crippen LogP contribution in [-0.4, -0.2) is 57.0 Å². The molecule has 0 bridgehead atoms. The molecule has 0 radical (unpaired) electrons. The van der Waals surface area contributed by atoms with Crippen molar-refractivity contribution in [2.45, 2.75) is 18.3 Å². The van der Waals surface area contributed by atoms with Crippen molar-refractivity contribution in [2.24, 2.45) is 0 Å². The largest absolute Gasteiger partial charge is 0.354 e. The number of carbonyl (C=O) groups excluding carboxylic acids is 2. The number of benzene rings is 2. The van der Waals surface area contributed by atoms with Gasteiger partial charge in [-0.2, -0.15) is 0 Å². The number of hydrogen-bond acceptors (Lipinski definition) is 4. The number of rotatable bonds is 6. The molecule has 1 aliphatic heterocycles. The molecule has 2 amide bonds. The van der Waals surface area contributed by atoms with Crippen molar-refractivity contribution in [2.75, 3.05) is 25.5 Å². The van der Waals surface area contributed by atoms with Crippen LogP contribution in [-0.2, 0) is 10.2 Å². The highest BCUT2D eigenvalue weighted by molar-refractivity contribution is 6.27. The van der Waals surface area contributed by atoms with Gasteiger partial charge in [-0.15, -0.1) is 16.7 Å². The van der Waals surface area contributed by atoms with Crippen LogP contribution in [0.2, 0.25) is 0 Å². The number of halogens is 1. The van der Waals surface area contributed by atoms with Crippen LogP contribution in [0.15, 0.2) is 67.0 Å². The fraction of sp³-hybridized carbons (Fsp3) is 0.304. The fourth-order valence-corrected chi connectivity index (χ4v) is 4.11. The quantitative estimate of drug-likeness (QED) is 0.601. The Labute approximate surface area is 186 Å². The van der Waals surface area contributed by atoms with Crippen molar-refractivity contribution >= 4 is 23.4 Å². The predicted octanol–water partition coefficient (Wildman–Crippen LogP) is 2.80. The van der Waals surface area contributed by atoms with Gasteiger partial charge >= 0.3 is 0 Å². The molecule has 4 rings (SSSR count). The third-order valence-electron chi connectivity index (χ3n) is 5.84. The van der Waals surface area contributed by atoms with Crippen LogP contribution in [0.4, 0.5) is 0 Å². The first-order valence-corrected chi connectivity index (χ1v) is 10.8. The van der Waals surface area contributed by atoms with Crippen LogP contribution in [0, 0.1) is 0 Å². The van der Waals surface area contributed by atoms with Gasteiger partial charge in [-0.3, -0.25) is 9.59 Å². The summed E-state index contributed by atoms with van der Waals surface area (Å²) in [5.41, 5.74) is 1.77. The number of carbonyl (C=O) groups is 2. The summed E-state index contributed by atoms with van der Waals surface area (Å²) < 4.78 is 1.60. The topological polar surface area (TPSA) is 80.1 Å². The smallest absolute Gasteiger partial charge is 0.293 e. The molecule has 1 saturated heterocycles. The van der Waals surface area contributed by atoms with Gasteiger partial charge in [0.05, 0.1) is 5.69 Å². The van der Waals surface area contributed by atoms with Gasteiger partial charge in [-0.1, -0.05) is 48.5 Å². The molecule has 2 aromatic carbocycles. The summed E-state index contributed by atoms with van der Waals surface area (Å²) in [6.45, 7) is 1.61. The Morgan fingerprint density at radius 1 is 1.00 bits per heavy atom. The Kier molecular flexibility index (Phi) is 6.32.